The summed E-state index contributed by atoms with van der Waals surface area (Å²) in [6, 6.07) is 5.28. The SMILES string of the molecule is Cc1ccc(C(=O)Nc2cnccn2)c(N)c1. The molecule has 0 spiro atoms. The van der Waals surface area contributed by atoms with E-state index >= 15 is 0 Å². The summed E-state index contributed by atoms with van der Waals surface area (Å²) in [4.78, 5) is 19.7. The smallest absolute Gasteiger partial charge is 0.258 e. The molecule has 1 amide bonds. The molecule has 5 nitrogen and oxygen atoms in total. The lowest BCUT2D eigenvalue weighted by molar-refractivity contribution is 0.102. The Kier molecular flexibility index (Phi) is 3.00. The van der Waals surface area contributed by atoms with Crippen LogP contribution in [-0.2, 0) is 0 Å². The molecule has 0 aliphatic carbocycles. The van der Waals surface area contributed by atoms with E-state index in [1.807, 2.05) is 13.0 Å². The molecule has 2 aromatic rings. The van der Waals surface area contributed by atoms with Gasteiger partial charge in [-0.15, -0.1) is 0 Å². The van der Waals surface area contributed by atoms with Crippen molar-refractivity contribution in [3.8, 4) is 0 Å². The van der Waals surface area contributed by atoms with Gasteiger partial charge in [0.15, 0.2) is 5.82 Å². The number of amides is 1. The van der Waals surface area contributed by atoms with Crippen LogP contribution >= 0.6 is 0 Å². The number of nitrogen functional groups attached to an aromatic ring is 1. The molecule has 0 aliphatic rings. The monoisotopic (exact) mass is 228 g/mol. The fraction of sp³-hybridized carbons (Fsp3) is 0.0833. The van der Waals surface area contributed by atoms with Crippen molar-refractivity contribution >= 4 is 17.4 Å². The van der Waals surface area contributed by atoms with Crippen molar-refractivity contribution in [2.45, 2.75) is 6.92 Å². The first kappa shape index (κ1) is 11.1. The fourth-order valence-electron chi connectivity index (χ4n) is 1.44. The van der Waals surface area contributed by atoms with Crippen molar-refractivity contribution in [2.75, 3.05) is 11.1 Å². The number of nitrogens with zero attached hydrogens (tertiary/aromatic N) is 2. The van der Waals surface area contributed by atoms with Crippen LogP contribution in [0.1, 0.15) is 15.9 Å². The molecular weight excluding hydrogens is 216 g/mol. The van der Waals surface area contributed by atoms with Crippen LogP contribution in [0.4, 0.5) is 11.5 Å². The highest BCUT2D eigenvalue weighted by Crippen LogP contribution is 2.15. The van der Waals surface area contributed by atoms with E-state index in [9.17, 15) is 4.79 Å². The van der Waals surface area contributed by atoms with Gasteiger partial charge >= 0.3 is 0 Å². The summed E-state index contributed by atoms with van der Waals surface area (Å²) in [6.45, 7) is 1.92. The van der Waals surface area contributed by atoms with Gasteiger partial charge in [0.2, 0.25) is 0 Å². The topological polar surface area (TPSA) is 80.9 Å². The van der Waals surface area contributed by atoms with E-state index in [4.69, 9.17) is 5.73 Å². The average molecular weight is 228 g/mol. The van der Waals surface area contributed by atoms with Crippen LogP contribution in [0.25, 0.3) is 0 Å². The number of rotatable bonds is 2. The Balaban J connectivity index is 2.21. The van der Waals surface area contributed by atoms with Gasteiger partial charge in [0.25, 0.3) is 5.91 Å². The van der Waals surface area contributed by atoms with Crippen molar-refractivity contribution < 1.29 is 4.79 Å². The van der Waals surface area contributed by atoms with Crippen molar-refractivity contribution in [1.82, 2.24) is 9.97 Å². The predicted molar refractivity (Wildman–Crippen MR) is 65.6 cm³/mol. The Morgan fingerprint density at radius 1 is 1.35 bits per heavy atom. The first-order chi connectivity index (χ1) is 8.16. The molecule has 1 aromatic carbocycles. The summed E-state index contributed by atoms with van der Waals surface area (Å²) >= 11 is 0. The van der Waals surface area contributed by atoms with Crippen LogP contribution in [-0.4, -0.2) is 15.9 Å². The first-order valence-electron chi connectivity index (χ1n) is 5.10. The third-order valence-electron chi connectivity index (χ3n) is 2.26. The molecule has 0 saturated carbocycles. The lowest BCUT2D eigenvalue weighted by Crippen LogP contribution is -2.15. The van der Waals surface area contributed by atoms with E-state index in [1.54, 1.807) is 12.1 Å². The fourth-order valence-corrected chi connectivity index (χ4v) is 1.44. The number of nitrogens with two attached hydrogens (primary N) is 1. The normalized spacial score (nSPS) is 9.94. The number of aryl methyl sites for hydroxylation is 1. The van der Waals surface area contributed by atoms with Gasteiger partial charge in [-0.2, -0.15) is 0 Å². The molecule has 0 radical (unpaired) electrons. The van der Waals surface area contributed by atoms with E-state index in [1.165, 1.54) is 18.6 Å². The summed E-state index contributed by atoms with van der Waals surface area (Å²) in [5.74, 6) is 0.112. The standard InChI is InChI=1S/C12H12N4O/c1-8-2-3-9(10(13)6-8)12(17)16-11-7-14-4-5-15-11/h2-7H,13H2,1H3,(H,15,16,17). The lowest BCUT2D eigenvalue weighted by atomic mass is 10.1. The van der Waals surface area contributed by atoms with Gasteiger partial charge in [-0.1, -0.05) is 6.07 Å². The molecule has 0 fully saturated rings. The molecule has 0 unspecified atom stereocenters. The number of benzene rings is 1. The lowest BCUT2D eigenvalue weighted by Gasteiger charge is -2.06. The van der Waals surface area contributed by atoms with Gasteiger partial charge in [0, 0.05) is 18.1 Å². The van der Waals surface area contributed by atoms with Crippen LogP contribution in [0.3, 0.4) is 0 Å². The number of carbonyl (C=O) groups excluding carboxylic acids is 1. The Morgan fingerprint density at radius 3 is 2.82 bits per heavy atom. The molecule has 0 atom stereocenters. The van der Waals surface area contributed by atoms with Crippen LogP contribution in [0.5, 0.6) is 0 Å². The maximum absolute atomic E-state index is 11.9. The number of hydrogen-bond donors (Lipinski definition) is 2. The summed E-state index contributed by atoms with van der Waals surface area (Å²) in [7, 11) is 0. The molecule has 86 valence electrons. The number of nitrogens with one attached hydrogen (secondary N) is 1. The van der Waals surface area contributed by atoms with Gasteiger partial charge in [-0.25, -0.2) is 4.98 Å². The highest BCUT2D eigenvalue weighted by Gasteiger charge is 2.10. The number of carbonyl (C=O) groups is 1. The highest BCUT2D eigenvalue weighted by molar-refractivity contribution is 6.07. The maximum Gasteiger partial charge on any atom is 0.258 e. The van der Waals surface area contributed by atoms with Gasteiger partial charge in [0.1, 0.15) is 0 Å². The van der Waals surface area contributed by atoms with Crippen molar-refractivity contribution in [1.29, 1.82) is 0 Å². The minimum Gasteiger partial charge on any atom is -0.398 e. The van der Waals surface area contributed by atoms with E-state index in [2.05, 4.69) is 15.3 Å². The van der Waals surface area contributed by atoms with E-state index < -0.39 is 0 Å². The predicted octanol–water partition coefficient (Wildman–Crippen LogP) is 1.62. The van der Waals surface area contributed by atoms with Gasteiger partial charge in [-0.05, 0) is 24.6 Å². The molecule has 0 aliphatic heterocycles. The molecule has 3 N–H and O–H groups in total. The Labute approximate surface area is 98.7 Å². The second kappa shape index (κ2) is 4.61. The molecule has 0 saturated heterocycles. The van der Waals surface area contributed by atoms with Crippen molar-refractivity contribution in [3.63, 3.8) is 0 Å². The minimum atomic E-state index is -0.289. The number of aromatic nitrogens is 2. The maximum atomic E-state index is 11.9. The average Bonchev–Trinajstić information content (AvgIpc) is 2.30. The third kappa shape index (κ3) is 2.57. The van der Waals surface area contributed by atoms with Gasteiger partial charge < -0.3 is 11.1 Å². The zero-order chi connectivity index (χ0) is 12.3. The highest BCUT2D eigenvalue weighted by atomic mass is 16.1. The second-order valence-electron chi connectivity index (χ2n) is 3.64. The third-order valence-corrected chi connectivity index (χ3v) is 2.26. The molecule has 1 aromatic heterocycles. The summed E-state index contributed by atoms with van der Waals surface area (Å²) in [5.41, 5.74) is 7.67. The number of anilines is 2. The molecule has 17 heavy (non-hydrogen) atoms. The van der Waals surface area contributed by atoms with Crippen LogP contribution < -0.4 is 11.1 Å². The molecule has 5 heteroatoms. The molecule has 0 bridgehead atoms. The zero-order valence-corrected chi connectivity index (χ0v) is 9.34. The second-order valence-corrected chi connectivity index (χ2v) is 3.64. The first-order valence-corrected chi connectivity index (χ1v) is 5.10. The molecule has 2 rings (SSSR count). The minimum absolute atomic E-state index is 0.289. The summed E-state index contributed by atoms with van der Waals surface area (Å²) in [5, 5.41) is 2.63. The van der Waals surface area contributed by atoms with Crippen LogP contribution in [0.2, 0.25) is 0 Å². The largest absolute Gasteiger partial charge is 0.398 e. The van der Waals surface area contributed by atoms with E-state index in [0.717, 1.165) is 5.56 Å². The number of hydrogen-bond acceptors (Lipinski definition) is 4. The van der Waals surface area contributed by atoms with Crippen LogP contribution in [0.15, 0.2) is 36.8 Å². The van der Waals surface area contributed by atoms with Crippen molar-refractivity contribution in [2.24, 2.45) is 0 Å². The van der Waals surface area contributed by atoms with Gasteiger partial charge in [-0.3, -0.25) is 9.78 Å². The Morgan fingerprint density at radius 2 is 2.18 bits per heavy atom. The molecular formula is C12H12N4O. The van der Waals surface area contributed by atoms with Crippen molar-refractivity contribution in [3.05, 3.63) is 47.9 Å². The Hall–Kier alpha value is -2.43. The quantitative estimate of drug-likeness (QED) is 0.765. The summed E-state index contributed by atoms with van der Waals surface area (Å²) < 4.78 is 0. The summed E-state index contributed by atoms with van der Waals surface area (Å²) in [6.07, 6.45) is 4.52. The zero-order valence-electron chi connectivity index (χ0n) is 9.34. The van der Waals surface area contributed by atoms with E-state index in [0.29, 0.717) is 17.1 Å². The molecule has 1 heterocycles. The van der Waals surface area contributed by atoms with Gasteiger partial charge in [0.05, 0.1) is 11.8 Å². The van der Waals surface area contributed by atoms with Crippen LogP contribution in [0, 0.1) is 6.92 Å². The Bertz CT molecular complexity index is 539. The van der Waals surface area contributed by atoms with E-state index in [-0.39, 0.29) is 5.91 Å².